The van der Waals surface area contributed by atoms with Crippen LogP contribution in [0.4, 0.5) is 4.39 Å². The fraction of sp³-hybridized carbons (Fsp3) is 0.269. The van der Waals surface area contributed by atoms with Crippen LogP contribution in [0.25, 0.3) is 0 Å². The van der Waals surface area contributed by atoms with Crippen LogP contribution in [-0.4, -0.2) is 65.0 Å². The van der Waals surface area contributed by atoms with Gasteiger partial charge >= 0.3 is 0 Å². The Morgan fingerprint density at radius 3 is 2.42 bits per heavy atom. The smallest absolute Gasteiger partial charge is 0.270 e. The minimum Gasteiger partial charge on any atom is -0.507 e. The first-order valence-electron chi connectivity index (χ1n) is 11.7. The highest BCUT2D eigenvalue weighted by molar-refractivity contribution is 6.11. The number of rotatable bonds is 7. The highest BCUT2D eigenvalue weighted by Crippen LogP contribution is 2.30. The third-order valence-corrected chi connectivity index (χ3v) is 6.11. The van der Waals surface area contributed by atoms with Crippen molar-refractivity contribution in [1.29, 1.82) is 0 Å². The van der Waals surface area contributed by atoms with E-state index in [4.69, 9.17) is 4.74 Å². The second kappa shape index (κ2) is 12.9. The van der Waals surface area contributed by atoms with E-state index in [1.807, 2.05) is 0 Å². The number of aromatic nitrogens is 2. The average molecular weight is 544 g/mol. The number of nitrogens with zero attached hydrogens (tertiary/aromatic N) is 2. The van der Waals surface area contributed by atoms with Gasteiger partial charge in [0, 0.05) is 23.9 Å². The molecule has 1 saturated heterocycles. The molecule has 0 saturated carbocycles. The minimum atomic E-state index is -0.966. The molecule has 0 unspecified atom stereocenters. The molecule has 2 aromatic carbocycles. The largest absolute Gasteiger partial charge is 0.507 e. The molecule has 0 spiro atoms. The van der Waals surface area contributed by atoms with Crippen LogP contribution in [0.3, 0.4) is 0 Å². The molecule has 4 N–H and O–H groups in total. The number of amides is 2. The SMILES string of the molecule is COc1ccc(O)c(C(=O)c2ccc(C(=O)N[C@@H]3CCCNC[C@H]3NC(=O)c3ccncn3)cc2)c1F.Cl. The standard InChI is InChI=1S/C26H26FN5O5.ClH/c1-37-21-9-8-20(33)22(23(21)27)24(34)15-4-6-16(7-5-15)25(35)31-17-3-2-11-28-13-19(17)32-26(36)18-10-12-29-14-30-18;/h4-10,12,14,17,19,28,33H,2-3,11,13H2,1H3,(H,31,35)(H,32,36);1H/t17-,19-;/m1./s1. The molecular formula is C26H27ClFN5O5. The van der Waals surface area contributed by atoms with Crippen LogP contribution >= 0.6 is 12.4 Å². The quantitative estimate of drug-likeness (QED) is 0.332. The number of hydrogen-bond donors (Lipinski definition) is 4. The molecule has 1 aliphatic heterocycles. The second-order valence-electron chi connectivity index (χ2n) is 8.48. The minimum absolute atomic E-state index is 0. The molecule has 1 aromatic heterocycles. The fourth-order valence-corrected chi connectivity index (χ4v) is 4.13. The summed E-state index contributed by atoms with van der Waals surface area (Å²) in [7, 11) is 1.26. The van der Waals surface area contributed by atoms with Crippen molar-refractivity contribution in [2.75, 3.05) is 20.2 Å². The maximum atomic E-state index is 14.6. The molecule has 10 nitrogen and oxygen atoms in total. The Morgan fingerprint density at radius 2 is 1.74 bits per heavy atom. The van der Waals surface area contributed by atoms with Gasteiger partial charge in [-0.25, -0.2) is 14.4 Å². The van der Waals surface area contributed by atoms with E-state index in [1.54, 1.807) is 0 Å². The van der Waals surface area contributed by atoms with Gasteiger partial charge in [-0.2, -0.15) is 0 Å². The zero-order chi connectivity index (χ0) is 26.4. The molecule has 0 aliphatic carbocycles. The summed E-state index contributed by atoms with van der Waals surface area (Å²) in [5.41, 5.74) is 0.0884. The van der Waals surface area contributed by atoms with E-state index < -0.39 is 22.9 Å². The lowest BCUT2D eigenvalue weighted by Gasteiger charge is -2.27. The Morgan fingerprint density at radius 1 is 1.03 bits per heavy atom. The third-order valence-electron chi connectivity index (χ3n) is 6.11. The van der Waals surface area contributed by atoms with Crippen LogP contribution in [-0.2, 0) is 0 Å². The van der Waals surface area contributed by atoms with Crippen molar-refractivity contribution in [3.8, 4) is 11.5 Å². The lowest BCUT2D eigenvalue weighted by atomic mass is 9.99. The first-order valence-corrected chi connectivity index (χ1v) is 11.7. The number of ether oxygens (including phenoxy) is 1. The molecule has 200 valence electrons. The number of benzene rings is 2. The van der Waals surface area contributed by atoms with E-state index in [0.29, 0.717) is 13.0 Å². The highest BCUT2D eigenvalue weighted by Gasteiger charge is 2.28. The molecule has 2 amide bonds. The molecule has 1 aliphatic rings. The molecule has 12 heteroatoms. The first kappa shape index (κ1) is 28.5. The summed E-state index contributed by atoms with van der Waals surface area (Å²) in [4.78, 5) is 46.2. The monoisotopic (exact) mass is 543 g/mol. The fourth-order valence-electron chi connectivity index (χ4n) is 4.13. The van der Waals surface area contributed by atoms with E-state index in [9.17, 15) is 23.9 Å². The number of nitrogens with one attached hydrogen (secondary N) is 3. The summed E-state index contributed by atoms with van der Waals surface area (Å²) in [6.07, 6.45) is 4.20. The average Bonchev–Trinajstić information content (AvgIpc) is 3.14. The van der Waals surface area contributed by atoms with Crippen LogP contribution < -0.4 is 20.7 Å². The number of methoxy groups -OCH3 is 1. The Labute approximate surface area is 224 Å². The van der Waals surface area contributed by atoms with Crippen molar-refractivity contribution in [2.45, 2.75) is 24.9 Å². The van der Waals surface area contributed by atoms with E-state index in [0.717, 1.165) is 13.0 Å². The lowest BCUT2D eigenvalue weighted by molar-refractivity contribution is 0.0880. The second-order valence-corrected chi connectivity index (χ2v) is 8.48. The predicted molar refractivity (Wildman–Crippen MR) is 138 cm³/mol. The Kier molecular flexibility index (Phi) is 9.69. The zero-order valence-electron chi connectivity index (χ0n) is 20.4. The van der Waals surface area contributed by atoms with Crippen molar-refractivity contribution >= 4 is 30.0 Å². The summed E-state index contributed by atoms with van der Waals surface area (Å²) in [5, 5.41) is 19.2. The van der Waals surface area contributed by atoms with E-state index >= 15 is 0 Å². The Balaban J connectivity index is 0.00000400. The van der Waals surface area contributed by atoms with Gasteiger partial charge in [0.1, 0.15) is 23.3 Å². The van der Waals surface area contributed by atoms with Crippen molar-refractivity contribution < 1.29 is 28.6 Å². The number of carbonyl (C=O) groups is 3. The van der Waals surface area contributed by atoms with Gasteiger partial charge in [-0.1, -0.05) is 12.1 Å². The number of halogens is 2. The van der Waals surface area contributed by atoms with E-state index in [2.05, 4.69) is 25.9 Å². The number of hydrogen-bond acceptors (Lipinski definition) is 8. The molecule has 38 heavy (non-hydrogen) atoms. The molecule has 0 bridgehead atoms. The van der Waals surface area contributed by atoms with Gasteiger partial charge in [-0.05, 0) is 49.7 Å². The van der Waals surface area contributed by atoms with Crippen molar-refractivity contribution in [3.63, 3.8) is 0 Å². The van der Waals surface area contributed by atoms with Gasteiger partial charge in [0.15, 0.2) is 17.3 Å². The molecule has 2 heterocycles. The summed E-state index contributed by atoms with van der Waals surface area (Å²) in [6, 6.07) is 8.85. The number of phenols is 1. The summed E-state index contributed by atoms with van der Waals surface area (Å²) in [6.45, 7) is 1.21. The Hall–Kier alpha value is -4.09. The lowest BCUT2D eigenvalue weighted by Crippen LogP contribution is -2.54. The van der Waals surface area contributed by atoms with Crippen LogP contribution in [0.5, 0.6) is 11.5 Å². The Bertz CT molecular complexity index is 1290. The molecule has 4 rings (SSSR count). The van der Waals surface area contributed by atoms with Gasteiger partial charge in [0.2, 0.25) is 0 Å². The molecule has 0 radical (unpaired) electrons. The van der Waals surface area contributed by atoms with E-state index in [1.165, 1.54) is 62.1 Å². The predicted octanol–water partition coefficient (Wildman–Crippen LogP) is 2.26. The van der Waals surface area contributed by atoms with Crippen molar-refractivity contribution in [1.82, 2.24) is 25.9 Å². The van der Waals surface area contributed by atoms with Gasteiger partial charge < -0.3 is 25.8 Å². The third kappa shape index (κ3) is 6.42. The van der Waals surface area contributed by atoms with Crippen LogP contribution in [0.15, 0.2) is 55.0 Å². The maximum Gasteiger partial charge on any atom is 0.270 e. The van der Waals surface area contributed by atoms with Crippen molar-refractivity contribution in [2.24, 2.45) is 0 Å². The summed E-state index contributed by atoms with van der Waals surface area (Å²) < 4.78 is 19.5. The number of aromatic hydroxyl groups is 1. The van der Waals surface area contributed by atoms with Gasteiger partial charge in [-0.15, -0.1) is 12.4 Å². The first-order chi connectivity index (χ1) is 17.9. The molecular weight excluding hydrogens is 517 g/mol. The van der Waals surface area contributed by atoms with Crippen LogP contribution in [0, 0.1) is 5.82 Å². The van der Waals surface area contributed by atoms with Crippen LogP contribution in [0.2, 0.25) is 0 Å². The summed E-state index contributed by atoms with van der Waals surface area (Å²) >= 11 is 0. The molecule has 1 fully saturated rings. The maximum absolute atomic E-state index is 14.6. The van der Waals surface area contributed by atoms with E-state index in [-0.39, 0.29) is 58.9 Å². The zero-order valence-corrected chi connectivity index (χ0v) is 21.3. The van der Waals surface area contributed by atoms with Gasteiger partial charge in [-0.3, -0.25) is 14.4 Å². The molecule has 2 atom stereocenters. The van der Waals surface area contributed by atoms with Gasteiger partial charge in [0.05, 0.1) is 19.2 Å². The number of ketones is 1. The number of phenolic OH excluding ortho intramolecular Hbond substituents is 1. The summed E-state index contributed by atoms with van der Waals surface area (Å²) in [5.74, 6) is -3.15. The molecule has 3 aromatic rings. The number of carbonyl (C=O) groups excluding carboxylic acids is 3. The van der Waals surface area contributed by atoms with Crippen LogP contribution in [0.1, 0.15) is 49.6 Å². The topological polar surface area (TPSA) is 143 Å². The van der Waals surface area contributed by atoms with Gasteiger partial charge in [0.25, 0.3) is 11.8 Å². The van der Waals surface area contributed by atoms with Crippen molar-refractivity contribution in [3.05, 3.63) is 83.2 Å². The normalized spacial score (nSPS) is 16.9. The highest BCUT2D eigenvalue weighted by atomic mass is 35.5.